The largest absolute Gasteiger partial charge is 0.483 e. The van der Waals surface area contributed by atoms with E-state index >= 15 is 0 Å². The van der Waals surface area contributed by atoms with Crippen molar-refractivity contribution in [3.05, 3.63) is 75.7 Å². The quantitative estimate of drug-likeness (QED) is 0.351. The number of hydrogen-bond acceptors (Lipinski definition) is 6. The maximum Gasteiger partial charge on any atom is 0.262 e. The van der Waals surface area contributed by atoms with Crippen molar-refractivity contribution in [2.24, 2.45) is 5.14 Å². The van der Waals surface area contributed by atoms with Gasteiger partial charge in [-0.15, -0.1) is 0 Å². The fraction of sp³-hybridized carbons (Fsp3) is 0.0500. The predicted octanol–water partition coefficient (Wildman–Crippen LogP) is 3.68. The summed E-state index contributed by atoms with van der Waals surface area (Å²) in [6, 6.07) is 15.8. The fourth-order valence-corrected chi connectivity index (χ4v) is 5.31. The Labute approximate surface area is 207 Å². The van der Waals surface area contributed by atoms with Crippen molar-refractivity contribution in [1.82, 2.24) is 0 Å². The number of primary sulfonamides is 1. The summed E-state index contributed by atoms with van der Waals surface area (Å²) in [7, 11) is -7.82. The van der Waals surface area contributed by atoms with Crippen LogP contribution < -0.4 is 19.9 Å². The maximum absolute atomic E-state index is 12.6. The van der Waals surface area contributed by atoms with Gasteiger partial charge in [-0.2, -0.15) is 0 Å². The normalized spacial score (nSPS) is 11.6. The van der Waals surface area contributed by atoms with Gasteiger partial charge in [0.25, 0.3) is 15.9 Å². The molecule has 0 saturated carbocycles. The van der Waals surface area contributed by atoms with Gasteiger partial charge in [-0.3, -0.25) is 9.52 Å². The Morgan fingerprint density at radius 2 is 1.42 bits per heavy atom. The topological polar surface area (TPSA) is 145 Å². The predicted molar refractivity (Wildman–Crippen MR) is 131 cm³/mol. The molecule has 0 aliphatic carbocycles. The van der Waals surface area contributed by atoms with Gasteiger partial charge < -0.3 is 10.1 Å². The minimum absolute atomic E-state index is 0.0499. The van der Waals surface area contributed by atoms with E-state index < -0.39 is 26.0 Å². The van der Waals surface area contributed by atoms with E-state index in [-0.39, 0.29) is 22.1 Å². The van der Waals surface area contributed by atoms with Crippen molar-refractivity contribution in [3.8, 4) is 5.75 Å². The molecule has 33 heavy (non-hydrogen) atoms. The van der Waals surface area contributed by atoms with Crippen LogP contribution in [-0.2, 0) is 24.8 Å². The minimum atomic E-state index is -3.94. The smallest absolute Gasteiger partial charge is 0.262 e. The third kappa shape index (κ3) is 7.01. The molecular formula is C20H17Br2N3O6S2. The highest BCUT2D eigenvalue weighted by Gasteiger charge is 2.15. The summed E-state index contributed by atoms with van der Waals surface area (Å²) in [6.45, 7) is -0.240. The first-order valence-electron chi connectivity index (χ1n) is 9.07. The lowest BCUT2D eigenvalue weighted by Crippen LogP contribution is -2.20. The van der Waals surface area contributed by atoms with Gasteiger partial charge in [-0.25, -0.2) is 22.0 Å². The summed E-state index contributed by atoms with van der Waals surface area (Å²) in [4.78, 5) is 12.0. The standard InChI is InChI=1S/C20H17Br2N3O6S2/c21-13-1-10-19(18(22)11-13)31-12-20(26)24-14-2-8-17(9-3-14)33(29,30)25-15-4-6-16(7-5-15)32(23,27)28/h1-11,25H,12H2,(H,24,26)(H2,23,27,28). The molecule has 3 aromatic rings. The molecule has 3 rings (SSSR count). The minimum Gasteiger partial charge on any atom is -0.483 e. The number of amides is 1. The lowest BCUT2D eigenvalue weighted by Gasteiger charge is -2.11. The molecule has 0 spiro atoms. The highest BCUT2D eigenvalue weighted by Crippen LogP contribution is 2.28. The second kappa shape index (κ2) is 10.2. The molecule has 0 fully saturated rings. The number of halogens is 2. The average Bonchev–Trinajstić information content (AvgIpc) is 2.73. The number of benzene rings is 3. The first-order valence-corrected chi connectivity index (χ1v) is 13.7. The monoisotopic (exact) mass is 617 g/mol. The van der Waals surface area contributed by atoms with E-state index in [0.717, 1.165) is 4.47 Å². The zero-order valence-electron chi connectivity index (χ0n) is 16.7. The van der Waals surface area contributed by atoms with Crippen molar-refractivity contribution in [1.29, 1.82) is 0 Å². The van der Waals surface area contributed by atoms with Crippen molar-refractivity contribution in [3.63, 3.8) is 0 Å². The summed E-state index contributed by atoms with van der Waals surface area (Å²) in [6.07, 6.45) is 0. The molecule has 0 heterocycles. The summed E-state index contributed by atoms with van der Waals surface area (Å²) in [5.74, 6) is 0.0754. The third-order valence-corrected chi connectivity index (χ3v) is 7.58. The zero-order chi connectivity index (χ0) is 24.2. The van der Waals surface area contributed by atoms with Crippen LogP contribution in [0.3, 0.4) is 0 Å². The van der Waals surface area contributed by atoms with Crippen LogP contribution >= 0.6 is 31.9 Å². The van der Waals surface area contributed by atoms with Crippen LogP contribution in [0.2, 0.25) is 0 Å². The number of nitrogens with two attached hydrogens (primary N) is 1. The lowest BCUT2D eigenvalue weighted by molar-refractivity contribution is -0.118. The molecule has 1 amide bonds. The number of anilines is 2. The molecule has 13 heteroatoms. The van der Waals surface area contributed by atoms with E-state index in [2.05, 4.69) is 41.9 Å². The van der Waals surface area contributed by atoms with Gasteiger partial charge in [0.1, 0.15) is 5.75 Å². The van der Waals surface area contributed by atoms with Gasteiger partial charge in [0.15, 0.2) is 6.61 Å². The second-order valence-corrected chi connectivity index (χ2v) is 11.6. The average molecular weight is 619 g/mol. The number of carbonyl (C=O) groups excluding carboxylic acids is 1. The van der Waals surface area contributed by atoms with Crippen LogP contribution in [0, 0.1) is 0 Å². The fourth-order valence-electron chi connectivity index (χ4n) is 2.58. The molecule has 0 aliphatic heterocycles. The van der Waals surface area contributed by atoms with Crippen LogP contribution in [0.15, 0.2) is 85.5 Å². The highest BCUT2D eigenvalue weighted by atomic mass is 79.9. The van der Waals surface area contributed by atoms with Crippen molar-refractivity contribution >= 4 is 69.2 Å². The number of rotatable bonds is 8. The molecule has 0 aromatic heterocycles. The van der Waals surface area contributed by atoms with E-state index in [1.54, 1.807) is 18.2 Å². The Morgan fingerprint density at radius 1 is 0.848 bits per heavy atom. The van der Waals surface area contributed by atoms with Crippen molar-refractivity contribution in [2.45, 2.75) is 9.79 Å². The van der Waals surface area contributed by atoms with E-state index in [1.807, 2.05) is 0 Å². The number of hydrogen-bond donors (Lipinski definition) is 3. The van der Waals surface area contributed by atoms with Crippen molar-refractivity contribution in [2.75, 3.05) is 16.6 Å². The summed E-state index contributed by atoms with van der Waals surface area (Å²) in [5, 5.41) is 7.65. The molecule has 0 bridgehead atoms. The number of ether oxygens (including phenoxy) is 1. The Balaban J connectivity index is 1.60. The first kappa shape index (κ1) is 25.2. The van der Waals surface area contributed by atoms with Crippen LogP contribution in [-0.4, -0.2) is 29.3 Å². The van der Waals surface area contributed by atoms with E-state index in [4.69, 9.17) is 9.88 Å². The number of sulfonamides is 2. The number of nitrogens with one attached hydrogen (secondary N) is 2. The van der Waals surface area contributed by atoms with E-state index in [1.165, 1.54) is 48.5 Å². The van der Waals surface area contributed by atoms with Crippen LogP contribution in [0.4, 0.5) is 11.4 Å². The SMILES string of the molecule is NS(=O)(=O)c1ccc(NS(=O)(=O)c2ccc(NC(=O)COc3ccc(Br)cc3Br)cc2)cc1. The van der Waals surface area contributed by atoms with Gasteiger partial charge in [-0.05, 0) is 82.7 Å². The van der Waals surface area contributed by atoms with E-state index in [0.29, 0.717) is 15.9 Å². The van der Waals surface area contributed by atoms with Gasteiger partial charge in [0, 0.05) is 15.8 Å². The summed E-state index contributed by atoms with van der Waals surface area (Å²) in [5.41, 5.74) is 0.547. The molecular weight excluding hydrogens is 602 g/mol. The zero-order valence-corrected chi connectivity index (χ0v) is 21.5. The second-order valence-electron chi connectivity index (χ2n) is 6.61. The molecule has 0 aliphatic rings. The van der Waals surface area contributed by atoms with Gasteiger partial charge >= 0.3 is 0 Å². The van der Waals surface area contributed by atoms with Gasteiger partial charge in [0.05, 0.1) is 14.3 Å². The van der Waals surface area contributed by atoms with E-state index in [9.17, 15) is 21.6 Å². The molecule has 0 radical (unpaired) electrons. The third-order valence-electron chi connectivity index (χ3n) is 4.14. The Bertz CT molecular complexity index is 1380. The molecule has 0 saturated heterocycles. The Hall–Kier alpha value is -2.45. The molecule has 9 nitrogen and oxygen atoms in total. The van der Waals surface area contributed by atoms with Crippen LogP contribution in [0.25, 0.3) is 0 Å². The Kier molecular flexibility index (Phi) is 7.80. The number of carbonyl (C=O) groups is 1. The molecule has 0 unspecified atom stereocenters. The molecule has 3 aromatic carbocycles. The van der Waals surface area contributed by atoms with Crippen LogP contribution in [0.1, 0.15) is 0 Å². The maximum atomic E-state index is 12.6. The van der Waals surface area contributed by atoms with Crippen molar-refractivity contribution < 1.29 is 26.4 Å². The van der Waals surface area contributed by atoms with Gasteiger partial charge in [0.2, 0.25) is 10.0 Å². The lowest BCUT2D eigenvalue weighted by atomic mass is 10.3. The summed E-state index contributed by atoms with van der Waals surface area (Å²) >= 11 is 6.67. The molecule has 0 atom stereocenters. The summed E-state index contributed by atoms with van der Waals surface area (Å²) < 4.78 is 57.1. The molecule has 174 valence electrons. The Morgan fingerprint density at radius 3 is 2.00 bits per heavy atom. The molecule has 4 N–H and O–H groups in total. The highest BCUT2D eigenvalue weighted by molar-refractivity contribution is 9.11. The first-order chi connectivity index (χ1) is 15.4. The van der Waals surface area contributed by atoms with Gasteiger partial charge in [-0.1, -0.05) is 15.9 Å². The van der Waals surface area contributed by atoms with Crippen LogP contribution in [0.5, 0.6) is 5.75 Å².